The van der Waals surface area contributed by atoms with E-state index in [9.17, 15) is 4.79 Å². The molecule has 0 aliphatic rings. The Bertz CT molecular complexity index is 444. The predicted octanol–water partition coefficient (Wildman–Crippen LogP) is 1.08. The van der Waals surface area contributed by atoms with Gasteiger partial charge in [-0.2, -0.15) is 0 Å². The molecule has 0 radical (unpaired) electrons. The number of ether oxygens (including phenoxy) is 1. The zero-order chi connectivity index (χ0) is 13.9. The van der Waals surface area contributed by atoms with Crippen LogP contribution < -0.4 is 10.5 Å². The molecule has 0 saturated heterocycles. The molecule has 0 aromatic carbocycles. The zero-order valence-corrected chi connectivity index (χ0v) is 11.1. The first-order valence-corrected chi connectivity index (χ1v) is 5.54. The van der Waals surface area contributed by atoms with Crippen molar-refractivity contribution in [2.75, 3.05) is 26.4 Å². The van der Waals surface area contributed by atoms with Crippen LogP contribution in [-0.4, -0.2) is 47.2 Å². The van der Waals surface area contributed by atoms with Crippen LogP contribution in [0.25, 0.3) is 0 Å². The summed E-state index contributed by atoms with van der Waals surface area (Å²) >= 11 is 0. The van der Waals surface area contributed by atoms with Crippen molar-refractivity contribution in [2.24, 2.45) is 0 Å². The van der Waals surface area contributed by atoms with Gasteiger partial charge in [0.2, 0.25) is 5.88 Å². The number of carbonyl (C=O) groups is 1. The van der Waals surface area contributed by atoms with E-state index < -0.39 is 5.97 Å². The lowest BCUT2D eigenvalue weighted by Crippen LogP contribution is -2.43. The maximum absolute atomic E-state index is 10.8. The Morgan fingerprint density at radius 2 is 2.11 bits per heavy atom. The highest BCUT2D eigenvalue weighted by Crippen LogP contribution is 2.21. The maximum Gasteiger partial charge on any atom is 0.354 e. The van der Waals surface area contributed by atoms with Gasteiger partial charge in [0.25, 0.3) is 0 Å². The third-order valence-electron chi connectivity index (χ3n) is 2.88. The molecule has 0 aliphatic carbocycles. The summed E-state index contributed by atoms with van der Waals surface area (Å²) in [5, 5.41) is 8.85. The number of nitrogen functional groups attached to an aromatic ring is 1. The van der Waals surface area contributed by atoms with Crippen molar-refractivity contribution in [1.82, 2.24) is 9.88 Å². The minimum Gasteiger partial charge on any atom is -0.477 e. The number of aromatic nitrogens is 1. The molecule has 6 nitrogen and oxygen atoms in total. The van der Waals surface area contributed by atoms with E-state index in [1.165, 1.54) is 12.1 Å². The second kappa shape index (κ2) is 5.22. The number of nitrogens with two attached hydrogens (primary N) is 1. The first-order valence-electron chi connectivity index (χ1n) is 5.54. The molecule has 0 spiro atoms. The van der Waals surface area contributed by atoms with Crippen LogP contribution in [0.5, 0.6) is 5.88 Å². The number of anilines is 1. The number of aromatic carboxylic acids is 1. The van der Waals surface area contributed by atoms with Crippen LogP contribution in [-0.2, 0) is 0 Å². The highest BCUT2D eigenvalue weighted by atomic mass is 16.5. The second-order valence-corrected chi connectivity index (χ2v) is 4.89. The standard InChI is InChI=1S/C12H19N3O3/c1-12(2,15(3)4)7-18-10-8(13)5-6-9(14-10)11(16)17/h5-6H,7,13H2,1-4H3,(H,16,17). The van der Waals surface area contributed by atoms with Crippen molar-refractivity contribution in [2.45, 2.75) is 19.4 Å². The topological polar surface area (TPSA) is 88.7 Å². The van der Waals surface area contributed by atoms with Crippen molar-refractivity contribution in [3.63, 3.8) is 0 Å². The molecule has 0 unspecified atom stereocenters. The van der Waals surface area contributed by atoms with E-state index >= 15 is 0 Å². The summed E-state index contributed by atoms with van der Waals surface area (Å²) in [6.45, 7) is 4.37. The van der Waals surface area contributed by atoms with Gasteiger partial charge >= 0.3 is 5.97 Å². The number of carboxylic acids is 1. The molecule has 1 heterocycles. The lowest BCUT2D eigenvalue weighted by molar-refractivity contribution is 0.0687. The number of rotatable bonds is 5. The third-order valence-corrected chi connectivity index (χ3v) is 2.88. The molecule has 0 atom stereocenters. The number of hydrogen-bond donors (Lipinski definition) is 2. The van der Waals surface area contributed by atoms with E-state index in [1.807, 2.05) is 32.8 Å². The monoisotopic (exact) mass is 253 g/mol. The summed E-state index contributed by atoms with van der Waals surface area (Å²) in [5.41, 5.74) is 5.75. The largest absolute Gasteiger partial charge is 0.477 e. The van der Waals surface area contributed by atoms with E-state index in [2.05, 4.69) is 4.98 Å². The quantitative estimate of drug-likeness (QED) is 0.816. The summed E-state index contributed by atoms with van der Waals surface area (Å²) in [4.78, 5) is 16.7. The van der Waals surface area contributed by atoms with Gasteiger partial charge in [0.05, 0.1) is 5.69 Å². The molecule has 0 bridgehead atoms. The number of likely N-dealkylation sites (N-methyl/N-ethyl adjacent to an activating group) is 1. The molecule has 1 aromatic rings. The van der Waals surface area contributed by atoms with Gasteiger partial charge in [0.1, 0.15) is 6.61 Å². The number of carboxylic acid groups (broad SMARTS) is 1. The fourth-order valence-corrected chi connectivity index (χ4v) is 1.06. The van der Waals surface area contributed by atoms with E-state index in [0.717, 1.165) is 0 Å². The Hall–Kier alpha value is -1.82. The maximum atomic E-state index is 10.8. The summed E-state index contributed by atoms with van der Waals surface area (Å²) in [6, 6.07) is 2.83. The molecule has 6 heteroatoms. The van der Waals surface area contributed by atoms with Gasteiger partial charge in [-0.3, -0.25) is 0 Å². The molecule has 3 N–H and O–H groups in total. The second-order valence-electron chi connectivity index (χ2n) is 4.89. The van der Waals surface area contributed by atoms with Crippen molar-refractivity contribution in [3.8, 4) is 5.88 Å². The van der Waals surface area contributed by atoms with Crippen molar-refractivity contribution >= 4 is 11.7 Å². The van der Waals surface area contributed by atoms with Gasteiger partial charge in [-0.25, -0.2) is 9.78 Å². The molecule has 1 rings (SSSR count). The number of nitrogens with zero attached hydrogens (tertiary/aromatic N) is 2. The molecule has 1 aromatic heterocycles. The van der Waals surface area contributed by atoms with E-state index in [4.69, 9.17) is 15.6 Å². The normalized spacial score (nSPS) is 11.6. The van der Waals surface area contributed by atoms with Crippen LogP contribution >= 0.6 is 0 Å². The Balaban J connectivity index is 2.85. The Morgan fingerprint density at radius 3 is 2.61 bits per heavy atom. The smallest absolute Gasteiger partial charge is 0.354 e. The van der Waals surface area contributed by atoms with Crippen LogP contribution in [0.4, 0.5) is 5.69 Å². The molecule has 0 aliphatic heterocycles. The van der Waals surface area contributed by atoms with Gasteiger partial charge in [0, 0.05) is 5.54 Å². The minimum absolute atomic E-state index is 0.0816. The molecule has 18 heavy (non-hydrogen) atoms. The molecular weight excluding hydrogens is 234 g/mol. The summed E-state index contributed by atoms with van der Waals surface area (Å²) < 4.78 is 5.51. The molecule has 100 valence electrons. The van der Waals surface area contributed by atoms with Gasteiger partial charge in [-0.05, 0) is 40.1 Å². The first-order chi connectivity index (χ1) is 8.24. The van der Waals surface area contributed by atoms with Crippen LogP contribution in [0.1, 0.15) is 24.3 Å². The fourth-order valence-electron chi connectivity index (χ4n) is 1.06. The minimum atomic E-state index is -1.10. The average Bonchev–Trinajstić information content (AvgIpc) is 2.27. The average molecular weight is 253 g/mol. The molecular formula is C12H19N3O3. The zero-order valence-electron chi connectivity index (χ0n) is 11.1. The summed E-state index contributed by atoms with van der Waals surface area (Å²) in [7, 11) is 3.88. The van der Waals surface area contributed by atoms with Crippen molar-refractivity contribution in [1.29, 1.82) is 0 Å². The highest BCUT2D eigenvalue weighted by Gasteiger charge is 2.22. The molecule has 0 saturated carbocycles. The first kappa shape index (κ1) is 14.2. The summed E-state index contributed by atoms with van der Waals surface area (Å²) in [5.74, 6) is -0.948. The molecule has 0 fully saturated rings. The van der Waals surface area contributed by atoms with Gasteiger partial charge in [0.15, 0.2) is 5.69 Å². The van der Waals surface area contributed by atoms with Gasteiger partial charge in [-0.1, -0.05) is 0 Å². The Kier molecular flexibility index (Phi) is 4.13. The third kappa shape index (κ3) is 3.33. The van der Waals surface area contributed by atoms with E-state index in [0.29, 0.717) is 12.3 Å². The van der Waals surface area contributed by atoms with Crippen LogP contribution in [0.3, 0.4) is 0 Å². The fraction of sp³-hybridized carbons (Fsp3) is 0.500. The lowest BCUT2D eigenvalue weighted by atomic mass is 10.1. The van der Waals surface area contributed by atoms with E-state index in [1.54, 1.807) is 0 Å². The van der Waals surface area contributed by atoms with Crippen LogP contribution in [0, 0.1) is 0 Å². The number of pyridine rings is 1. The lowest BCUT2D eigenvalue weighted by Gasteiger charge is -2.32. The van der Waals surface area contributed by atoms with E-state index in [-0.39, 0.29) is 17.1 Å². The highest BCUT2D eigenvalue weighted by molar-refractivity contribution is 5.86. The Labute approximate surface area is 106 Å². The Morgan fingerprint density at radius 1 is 1.50 bits per heavy atom. The van der Waals surface area contributed by atoms with Crippen LogP contribution in [0.15, 0.2) is 12.1 Å². The van der Waals surface area contributed by atoms with Crippen LogP contribution in [0.2, 0.25) is 0 Å². The summed E-state index contributed by atoms with van der Waals surface area (Å²) in [6.07, 6.45) is 0. The van der Waals surface area contributed by atoms with Crippen molar-refractivity contribution < 1.29 is 14.6 Å². The number of hydrogen-bond acceptors (Lipinski definition) is 5. The SMILES string of the molecule is CN(C)C(C)(C)COc1nc(C(=O)O)ccc1N. The molecule has 0 amide bonds. The predicted molar refractivity (Wildman–Crippen MR) is 68.9 cm³/mol. The van der Waals surface area contributed by atoms with Crippen molar-refractivity contribution in [3.05, 3.63) is 17.8 Å². The van der Waals surface area contributed by atoms with Gasteiger partial charge < -0.3 is 20.5 Å². The van der Waals surface area contributed by atoms with Gasteiger partial charge in [-0.15, -0.1) is 0 Å².